The fraction of sp³-hybridized carbons (Fsp3) is 0.667. The maximum atomic E-state index is 12.2. The lowest BCUT2D eigenvalue weighted by Crippen LogP contribution is -2.34. The second-order valence-electron chi connectivity index (χ2n) is 4.86. The molecule has 19 heavy (non-hydrogen) atoms. The Kier molecular flexibility index (Phi) is 4.17. The van der Waals surface area contributed by atoms with Crippen LogP contribution in [-0.2, 0) is 9.59 Å². The number of amides is 1. The third kappa shape index (κ3) is 2.50. The van der Waals surface area contributed by atoms with Crippen LogP contribution in [0.1, 0.15) is 19.8 Å². The summed E-state index contributed by atoms with van der Waals surface area (Å²) in [6.45, 7) is 2.04. The van der Waals surface area contributed by atoms with Crippen molar-refractivity contribution in [2.45, 2.75) is 31.9 Å². The number of aliphatic hydroxyl groups excluding tert-OH is 1. The van der Waals surface area contributed by atoms with E-state index in [1.807, 2.05) is 0 Å². The largest absolute Gasteiger partial charge is 0.477 e. The average Bonchev–Trinajstić information content (AvgIpc) is 2.83. The van der Waals surface area contributed by atoms with Crippen LogP contribution in [0.4, 0.5) is 0 Å². The number of carbonyl (C=O) groups excluding carboxylic acids is 1. The summed E-state index contributed by atoms with van der Waals surface area (Å²) in [7, 11) is 0. The molecule has 2 aliphatic rings. The molecule has 1 fully saturated rings. The Morgan fingerprint density at radius 1 is 1.63 bits per heavy atom. The first-order valence-electron chi connectivity index (χ1n) is 6.27. The van der Waals surface area contributed by atoms with Gasteiger partial charge >= 0.3 is 5.97 Å². The van der Waals surface area contributed by atoms with Gasteiger partial charge in [0, 0.05) is 29.7 Å². The van der Waals surface area contributed by atoms with Crippen LogP contribution in [-0.4, -0.2) is 51.4 Å². The van der Waals surface area contributed by atoms with Gasteiger partial charge in [-0.3, -0.25) is 4.79 Å². The highest BCUT2D eigenvalue weighted by atomic mass is 32.2. The SMILES string of the molecule is C[C@@H](O)[C@@H]1C[C@H]2CC(SCCN)=C(C(=O)O)N2C1=O. The van der Waals surface area contributed by atoms with Crippen LogP contribution in [0.2, 0.25) is 0 Å². The summed E-state index contributed by atoms with van der Waals surface area (Å²) in [5, 5.41) is 18.9. The van der Waals surface area contributed by atoms with Gasteiger partial charge in [-0.25, -0.2) is 4.79 Å². The van der Waals surface area contributed by atoms with E-state index in [1.54, 1.807) is 6.92 Å². The Labute approximate surface area is 115 Å². The standard InChI is InChI=1S/C12H18N2O4S/c1-6(15)8-4-7-5-9(19-3-2-13)10(12(17)18)14(7)11(8)16/h6-8,15H,2-5,13H2,1H3,(H,17,18)/t6-,7+,8+/m1/s1. The maximum Gasteiger partial charge on any atom is 0.353 e. The van der Waals surface area contributed by atoms with E-state index < -0.39 is 18.0 Å². The zero-order valence-electron chi connectivity index (χ0n) is 10.7. The van der Waals surface area contributed by atoms with Crippen LogP contribution in [0.25, 0.3) is 0 Å². The first-order valence-corrected chi connectivity index (χ1v) is 7.26. The van der Waals surface area contributed by atoms with E-state index in [0.717, 1.165) is 4.91 Å². The van der Waals surface area contributed by atoms with Gasteiger partial charge in [-0.05, 0) is 13.3 Å². The number of nitrogens with two attached hydrogens (primary N) is 1. The van der Waals surface area contributed by atoms with Gasteiger partial charge in [-0.2, -0.15) is 0 Å². The van der Waals surface area contributed by atoms with Gasteiger partial charge in [0.05, 0.1) is 12.0 Å². The fourth-order valence-corrected chi connectivity index (χ4v) is 3.70. The molecular weight excluding hydrogens is 268 g/mol. The first-order chi connectivity index (χ1) is 8.97. The minimum absolute atomic E-state index is 0.0802. The number of nitrogens with zero attached hydrogens (tertiary/aromatic N) is 1. The summed E-state index contributed by atoms with van der Waals surface area (Å²) in [5.41, 5.74) is 5.51. The third-order valence-electron chi connectivity index (χ3n) is 3.55. The van der Waals surface area contributed by atoms with Crippen LogP contribution in [0, 0.1) is 5.92 Å². The Morgan fingerprint density at radius 2 is 2.32 bits per heavy atom. The number of thioether (sulfide) groups is 1. The number of rotatable bonds is 5. The van der Waals surface area contributed by atoms with Gasteiger partial charge in [-0.1, -0.05) is 0 Å². The van der Waals surface area contributed by atoms with Gasteiger partial charge in [0.1, 0.15) is 5.70 Å². The molecule has 2 rings (SSSR count). The highest BCUT2D eigenvalue weighted by molar-refractivity contribution is 8.03. The molecule has 0 aromatic carbocycles. The van der Waals surface area contributed by atoms with Crippen LogP contribution in [0.5, 0.6) is 0 Å². The summed E-state index contributed by atoms with van der Waals surface area (Å²) >= 11 is 1.41. The normalized spacial score (nSPS) is 27.9. The summed E-state index contributed by atoms with van der Waals surface area (Å²) < 4.78 is 0. The minimum atomic E-state index is -1.08. The van der Waals surface area contributed by atoms with Gasteiger partial charge in [0.25, 0.3) is 0 Å². The molecule has 0 aliphatic carbocycles. The zero-order chi connectivity index (χ0) is 14.2. The lowest BCUT2D eigenvalue weighted by Gasteiger charge is -2.18. The minimum Gasteiger partial charge on any atom is -0.477 e. The van der Waals surface area contributed by atoms with Crippen molar-refractivity contribution < 1.29 is 19.8 Å². The average molecular weight is 286 g/mol. The molecule has 0 spiro atoms. The molecule has 0 unspecified atom stereocenters. The van der Waals surface area contributed by atoms with Crippen molar-refractivity contribution in [1.29, 1.82) is 0 Å². The molecule has 1 saturated heterocycles. The number of aliphatic carboxylic acids is 1. The molecule has 2 aliphatic heterocycles. The number of carboxylic acids is 1. The third-order valence-corrected chi connectivity index (χ3v) is 4.70. The van der Waals surface area contributed by atoms with Crippen LogP contribution in [0.3, 0.4) is 0 Å². The molecule has 0 aromatic heterocycles. The van der Waals surface area contributed by atoms with Gasteiger partial charge in [-0.15, -0.1) is 11.8 Å². The van der Waals surface area contributed by atoms with Crippen LogP contribution in [0.15, 0.2) is 10.6 Å². The van der Waals surface area contributed by atoms with E-state index >= 15 is 0 Å². The highest BCUT2D eigenvalue weighted by Crippen LogP contribution is 2.43. The van der Waals surface area contributed by atoms with Crippen LogP contribution >= 0.6 is 11.8 Å². The second-order valence-corrected chi connectivity index (χ2v) is 6.05. The van der Waals surface area contributed by atoms with Gasteiger partial charge in [0.15, 0.2) is 0 Å². The number of fused-ring (bicyclic) bond motifs is 1. The number of carboxylic acid groups (broad SMARTS) is 1. The van der Waals surface area contributed by atoms with Gasteiger partial charge < -0.3 is 20.8 Å². The Balaban J connectivity index is 2.26. The van der Waals surface area contributed by atoms with E-state index in [1.165, 1.54) is 16.7 Å². The van der Waals surface area contributed by atoms with Crippen molar-refractivity contribution in [3.63, 3.8) is 0 Å². The molecule has 3 atom stereocenters. The van der Waals surface area contributed by atoms with Crippen molar-refractivity contribution in [2.24, 2.45) is 11.7 Å². The first kappa shape index (κ1) is 14.4. The second kappa shape index (κ2) is 5.52. The molecule has 0 aromatic rings. The lowest BCUT2D eigenvalue weighted by molar-refractivity contribution is -0.140. The number of hydrogen-bond acceptors (Lipinski definition) is 5. The van der Waals surface area contributed by atoms with Crippen molar-refractivity contribution in [3.8, 4) is 0 Å². The van der Waals surface area contributed by atoms with E-state index in [9.17, 15) is 19.8 Å². The summed E-state index contributed by atoms with van der Waals surface area (Å²) in [4.78, 5) is 25.7. The van der Waals surface area contributed by atoms with E-state index in [-0.39, 0.29) is 17.6 Å². The Bertz CT molecular complexity index is 435. The van der Waals surface area contributed by atoms with E-state index in [0.29, 0.717) is 25.1 Å². The van der Waals surface area contributed by atoms with E-state index in [4.69, 9.17) is 5.73 Å². The van der Waals surface area contributed by atoms with Crippen LogP contribution < -0.4 is 5.73 Å². The quantitative estimate of drug-likeness (QED) is 0.656. The predicted molar refractivity (Wildman–Crippen MR) is 71.2 cm³/mol. The zero-order valence-corrected chi connectivity index (χ0v) is 11.5. The van der Waals surface area contributed by atoms with Crippen molar-refractivity contribution in [1.82, 2.24) is 4.90 Å². The van der Waals surface area contributed by atoms with E-state index in [2.05, 4.69) is 0 Å². The monoisotopic (exact) mass is 286 g/mol. The Morgan fingerprint density at radius 3 is 2.84 bits per heavy atom. The molecule has 1 amide bonds. The summed E-state index contributed by atoms with van der Waals surface area (Å²) in [6, 6.07) is -0.126. The molecule has 0 radical (unpaired) electrons. The smallest absolute Gasteiger partial charge is 0.353 e. The molecule has 106 valence electrons. The topological polar surface area (TPSA) is 104 Å². The molecule has 0 bridgehead atoms. The highest BCUT2D eigenvalue weighted by Gasteiger charge is 2.49. The predicted octanol–water partition coefficient (Wildman–Crippen LogP) is -0.0239. The number of carbonyl (C=O) groups is 2. The number of hydrogen-bond donors (Lipinski definition) is 3. The van der Waals surface area contributed by atoms with Crippen molar-refractivity contribution >= 4 is 23.6 Å². The molecule has 7 heteroatoms. The summed E-state index contributed by atoms with van der Waals surface area (Å²) in [6.07, 6.45) is 0.328. The maximum absolute atomic E-state index is 12.2. The van der Waals surface area contributed by atoms with Crippen molar-refractivity contribution in [2.75, 3.05) is 12.3 Å². The lowest BCUT2D eigenvalue weighted by atomic mass is 9.98. The molecular formula is C12H18N2O4S. The van der Waals surface area contributed by atoms with Crippen molar-refractivity contribution in [3.05, 3.63) is 10.6 Å². The van der Waals surface area contributed by atoms with Gasteiger partial charge in [0.2, 0.25) is 5.91 Å². The number of aliphatic hydroxyl groups is 1. The fourth-order valence-electron chi connectivity index (χ4n) is 2.71. The Hall–Kier alpha value is -1.05. The molecule has 4 N–H and O–H groups in total. The molecule has 6 nitrogen and oxygen atoms in total. The summed E-state index contributed by atoms with van der Waals surface area (Å²) in [5.74, 6) is -1.21. The molecule has 0 saturated carbocycles. The molecule has 2 heterocycles.